The van der Waals surface area contributed by atoms with Crippen LogP contribution >= 0.6 is 0 Å². The minimum Gasteiger partial charge on any atom is -0.464 e. The highest BCUT2D eigenvalue weighted by Crippen LogP contribution is 2.20. The molecule has 5 nitrogen and oxygen atoms in total. The number of carbonyl (C=O) groups excluding carboxylic acids is 1. The number of nitrogens with two attached hydrogens (primary N) is 1. The van der Waals surface area contributed by atoms with E-state index in [1.54, 1.807) is 6.26 Å². The Hall–Kier alpha value is -2.01. The molecule has 0 unspecified atom stereocenters. The first-order chi connectivity index (χ1) is 7.31. The van der Waals surface area contributed by atoms with Crippen LogP contribution in [0.15, 0.2) is 34.9 Å². The van der Waals surface area contributed by atoms with Crippen LogP contribution in [-0.2, 0) is 6.54 Å². The van der Waals surface area contributed by atoms with Gasteiger partial charge in [-0.2, -0.15) is 0 Å². The van der Waals surface area contributed by atoms with Gasteiger partial charge in [-0.1, -0.05) is 18.2 Å². The topological polar surface area (TPSA) is 80.3 Å². The third kappa shape index (κ3) is 1.92. The van der Waals surface area contributed by atoms with Crippen molar-refractivity contribution < 1.29 is 9.21 Å². The summed E-state index contributed by atoms with van der Waals surface area (Å²) in [5, 5.41) is 3.59. The molecule has 2 aromatic rings. The molecule has 15 heavy (non-hydrogen) atoms. The van der Waals surface area contributed by atoms with Gasteiger partial charge in [-0.3, -0.25) is 5.43 Å². The Kier molecular flexibility index (Phi) is 2.55. The SMILES string of the molecule is NNC(=O)NCc1coc2ccccc12. The highest BCUT2D eigenvalue weighted by molar-refractivity contribution is 5.81. The van der Waals surface area contributed by atoms with Crippen molar-refractivity contribution in [3.8, 4) is 0 Å². The van der Waals surface area contributed by atoms with E-state index in [4.69, 9.17) is 10.3 Å². The number of hydrogen-bond acceptors (Lipinski definition) is 3. The average molecular weight is 205 g/mol. The smallest absolute Gasteiger partial charge is 0.329 e. The Morgan fingerprint density at radius 3 is 3.00 bits per heavy atom. The fourth-order valence-electron chi connectivity index (χ4n) is 1.40. The Labute approximate surface area is 86.2 Å². The maximum absolute atomic E-state index is 10.9. The number of furan rings is 1. The van der Waals surface area contributed by atoms with Gasteiger partial charge >= 0.3 is 6.03 Å². The molecule has 2 rings (SSSR count). The minimum absolute atomic E-state index is 0.389. The first kappa shape index (κ1) is 9.54. The van der Waals surface area contributed by atoms with Gasteiger partial charge in [-0.25, -0.2) is 10.6 Å². The molecule has 0 aliphatic carbocycles. The fraction of sp³-hybridized carbons (Fsp3) is 0.100. The Morgan fingerprint density at radius 2 is 2.20 bits per heavy atom. The maximum Gasteiger partial charge on any atom is 0.329 e. The lowest BCUT2D eigenvalue weighted by Crippen LogP contribution is -2.39. The Bertz CT molecular complexity index is 478. The van der Waals surface area contributed by atoms with E-state index in [1.165, 1.54) is 0 Å². The van der Waals surface area contributed by atoms with Gasteiger partial charge in [0.15, 0.2) is 0 Å². The summed E-state index contributed by atoms with van der Waals surface area (Å²) in [4.78, 5) is 10.9. The largest absolute Gasteiger partial charge is 0.464 e. The van der Waals surface area contributed by atoms with E-state index in [1.807, 2.05) is 29.7 Å². The van der Waals surface area contributed by atoms with Crippen LogP contribution in [-0.4, -0.2) is 6.03 Å². The summed E-state index contributed by atoms with van der Waals surface area (Å²) < 4.78 is 5.31. The molecule has 1 heterocycles. The summed E-state index contributed by atoms with van der Waals surface area (Å²) in [6.45, 7) is 0.389. The van der Waals surface area contributed by atoms with E-state index in [9.17, 15) is 4.79 Å². The zero-order valence-electron chi connectivity index (χ0n) is 7.99. The van der Waals surface area contributed by atoms with Gasteiger partial charge in [0.2, 0.25) is 0 Å². The number of nitrogens with one attached hydrogen (secondary N) is 2. The van der Waals surface area contributed by atoms with Crippen LogP contribution in [0.5, 0.6) is 0 Å². The van der Waals surface area contributed by atoms with Gasteiger partial charge in [-0.05, 0) is 6.07 Å². The molecule has 1 aromatic carbocycles. The van der Waals surface area contributed by atoms with Crippen LogP contribution < -0.4 is 16.6 Å². The fourth-order valence-corrected chi connectivity index (χ4v) is 1.40. The van der Waals surface area contributed by atoms with Gasteiger partial charge in [-0.15, -0.1) is 0 Å². The zero-order valence-corrected chi connectivity index (χ0v) is 7.99. The number of rotatable bonds is 2. The summed E-state index contributed by atoms with van der Waals surface area (Å²) in [7, 11) is 0. The second kappa shape index (κ2) is 4.02. The standard InChI is InChI=1S/C10H11N3O2/c11-13-10(14)12-5-7-6-15-9-4-2-1-3-8(7)9/h1-4,6H,5,11H2,(H2,12,13,14). The molecule has 0 saturated heterocycles. The van der Waals surface area contributed by atoms with Crippen LogP contribution in [0.1, 0.15) is 5.56 Å². The van der Waals surface area contributed by atoms with E-state index < -0.39 is 6.03 Å². The van der Waals surface area contributed by atoms with Gasteiger partial charge in [0, 0.05) is 17.5 Å². The molecule has 0 radical (unpaired) electrons. The van der Waals surface area contributed by atoms with Crippen molar-refractivity contribution in [2.45, 2.75) is 6.54 Å². The average Bonchev–Trinajstić information content (AvgIpc) is 2.69. The molecule has 5 heteroatoms. The van der Waals surface area contributed by atoms with Gasteiger partial charge in [0.25, 0.3) is 0 Å². The number of hydrogen-bond donors (Lipinski definition) is 3. The molecule has 0 aliphatic heterocycles. The predicted molar refractivity (Wildman–Crippen MR) is 55.8 cm³/mol. The zero-order chi connectivity index (χ0) is 10.7. The molecular weight excluding hydrogens is 194 g/mol. The summed E-state index contributed by atoms with van der Waals surface area (Å²) in [5.41, 5.74) is 3.73. The maximum atomic E-state index is 10.9. The predicted octanol–water partition coefficient (Wildman–Crippen LogP) is 1.11. The molecular formula is C10H11N3O2. The molecule has 1 aromatic heterocycles. The van der Waals surface area contributed by atoms with Crippen molar-refractivity contribution in [3.05, 3.63) is 36.1 Å². The number of benzene rings is 1. The van der Waals surface area contributed by atoms with Crippen LogP contribution in [0, 0.1) is 0 Å². The van der Waals surface area contributed by atoms with E-state index >= 15 is 0 Å². The van der Waals surface area contributed by atoms with Crippen molar-refractivity contribution in [1.29, 1.82) is 0 Å². The third-order valence-corrected chi connectivity index (χ3v) is 2.13. The van der Waals surface area contributed by atoms with Crippen LogP contribution in [0.4, 0.5) is 4.79 Å². The van der Waals surface area contributed by atoms with Crippen molar-refractivity contribution in [3.63, 3.8) is 0 Å². The number of hydrazine groups is 1. The van der Waals surface area contributed by atoms with Gasteiger partial charge < -0.3 is 9.73 Å². The summed E-state index contributed by atoms with van der Waals surface area (Å²) in [6.07, 6.45) is 1.63. The number of carbonyl (C=O) groups is 1. The van der Waals surface area contributed by atoms with Crippen molar-refractivity contribution >= 4 is 17.0 Å². The number of fused-ring (bicyclic) bond motifs is 1. The number of amides is 2. The lowest BCUT2D eigenvalue weighted by atomic mass is 10.2. The first-order valence-corrected chi connectivity index (χ1v) is 4.51. The van der Waals surface area contributed by atoms with E-state index in [0.29, 0.717) is 6.54 Å². The van der Waals surface area contributed by atoms with Crippen molar-refractivity contribution in [2.24, 2.45) is 5.84 Å². The van der Waals surface area contributed by atoms with Gasteiger partial charge in [0.1, 0.15) is 5.58 Å². The van der Waals surface area contributed by atoms with Crippen LogP contribution in [0.2, 0.25) is 0 Å². The summed E-state index contributed by atoms with van der Waals surface area (Å²) in [5.74, 6) is 4.94. The van der Waals surface area contributed by atoms with Crippen LogP contribution in [0.25, 0.3) is 11.0 Å². The molecule has 78 valence electrons. The molecule has 2 amide bonds. The normalized spacial score (nSPS) is 10.2. The lowest BCUT2D eigenvalue weighted by molar-refractivity contribution is 0.241. The molecule has 0 aliphatic rings. The Morgan fingerprint density at radius 1 is 1.40 bits per heavy atom. The van der Waals surface area contributed by atoms with E-state index in [2.05, 4.69) is 5.32 Å². The quantitative estimate of drug-likeness (QED) is 0.390. The molecule has 0 atom stereocenters. The van der Waals surface area contributed by atoms with Crippen LogP contribution in [0.3, 0.4) is 0 Å². The monoisotopic (exact) mass is 205 g/mol. The lowest BCUT2D eigenvalue weighted by Gasteiger charge is -2.01. The Balaban J connectivity index is 2.18. The van der Waals surface area contributed by atoms with Crippen molar-refractivity contribution in [2.75, 3.05) is 0 Å². The van der Waals surface area contributed by atoms with E-state index in [0.717, 1.165) is 16.5 Å². The highest BCUT2D eigenvalue weighted by Gasteiger charge is 2.05. The van der Waals surface area contributed by atoms with Gasteiger partial charge in [0.05, 0.1) is 6.26 Å². The van der Waals surface area contributed by atoms with E-state index in [-0.39, 0.29) is 0 Å². The third-order valence-electron chi connectivity index (χ3n) is 2.13. The second-order valence-electron chi connectivity index (χ2n) is 3.08. The number of urea groups is 1. The number of para-hydroxylation sites is 1. The molecule has 0 bridgehead atoms. The first-order valence-electron chi connectivity index (χ1n) is 4.51. The van der Waals surface area contributed by atoms with Crippen molar-refractivity contribution in [1.82, 2.24) is 10.7 Å². The highest BCUT2D eigenvalue weighted by atomic mass is 16.3. The second-order valence-corrected chi connectivity index (χ2v) is 3.08. The molecule has 4 N–H and O–H groups in total. The minimum atomic E-state index is -0.416. The summed E-state index contributed by atoms with van der Waals surface area (Å²) in [6, 6.07) is 7.22. The molecule has 0 fully saturated rings. The molecule has 0 spiro atoms. The summed E-state index contributed by atoms with van der Waals surface area (Å²) >= 11 is 0. The molecule has 0 saturated carbocycles.